The van der Waals surface area contributed by atoms with Crippen LogP contribution in [0, 0.1) is 6.92 Å². The van der Waals surface area contributed by atoms with Crippen LogP contribution in [-0.2, 0) is 19.2 Å². The van der Waals surface area contributed by atoms with Crippen molar-refractivity contribution in [3.8, 4) is 0 Å². The molecule has 2 aromatic carbocycles. The van der Waals surface area contributed by atoms with Gasteiger partial charge in [0, 0.05) is 0 Å². The van der Waals surface area contributed by atoms with E-state index in [0.29, 0.717) is 6.42 Å². The lowest BCUT2D eigenvalue weighted by Crippen LogP contribution is -2.53. The number of amides is 1. The van der Waals surface area contributed by atoms with Crippen molar-refractivity contribution in [2.45, 2.75) is 95.5 Å². The number of rotatable bonds is 12. The van der Waals surface area contributed by atoms with Crippen molar-refractivity contribution in [3.05, 3.63) is 77.4 Å². The van der Waals surface area contributed by atoms with Gasteiger partial charge in [-0.1, -0.05) is 95.1 Å². The molecule has 37 heavy (non-hydrogen) atoms. The van der Waals surface area contributed by atoms with Gasteiger partial charge in [0.15, 0.2) is 0 Å². The molecule has 2 rings (SSSR count). The van der Waals surface area contributed by atoms with Crippen LogP contribution in [0.25, 0.3) is 0 Å². The molecule has 204 valence electrons. The number of nitrogens with one attached hydrogen (secondary N) is 1. The SMILES string of the molecule is C/C(=C/[C@@H](O[Si](C(C)C)(C(C)C)C(C)C)C(=O)NS(=O)(=O)c1ccc(C)cc1)C[C@H](O)c1ccccc1. The van der Waals surface area contributed by atoms with Gasteiger partial charge in [0.1, 0.15) is 6.10 Å². The number of aryl methyl sites for hydroxylation is 1. The molecule has 0 aliphatic carbocycles. The zero-order chi connectivity index (χ0) is 28.0. The van der Waals surface area contributed by atoms with Crippen LogP contribution in [0.15, 0.2) is 71.1 Å². The highest BCUT2D eigenvalue weighted by Gasteiger charge is 2.47. The first-order valence-electron chi connectivity index (χ1n) is 12.9. The summed E-state index contributed by atoms with van der Waals surface area (Å²) in [4.78, 5) is 13.6. The molecule has 0 radical (unpaired) electrons. The summed E-state index contributed by atoms with van der Waals surface area (Å²) in [6.07, 6.45) is 0.101. The Hall–Kier alpha value is -2.26. The Balaban J connectivity index is 2.45. The molecule has 6 nitrogen and oxygen atoms in total. The summed E-state index contributed by atoms with van der Waals surface area (Å²) >= 11 is 0. The normalized spacial score (nSPS) is 14.8. The predicted molar refractivity (Wildman–Crippen MR) is 152 cm³/mol. The van der Waals surface area contributed by atoms with Crippen LogP contribution < -0.4 is 4.72 Å². The minimum absolute atomic E-state index is 0.0190. The van der Waals surface area contributed by atoms with Crippen molar-refractivity contribution in [2.75, 3.05) is 0 Å². The fraction of sp³-hybridized carbons (Fsp3) is 0.483. The third-order valence-electron chi connectivity index (χ3n) is 7.00. The van der Waals surface area contributed by atoms with Crippen LogP contribution in [0.1, 0.15) is 72.1 Å². The Bertz CT molecular complexity index is 1140. The lowest BCUT2D eigenvalue weighted by molar-refractivity contribution is -0.124. The van der Waals surface area contributed by atoms with Crippen molar-refractivity contribution < 1.29 is 22.7 Å². The van der Waals surface area contributed by atoms with Gasteiger partial charge in [-0.2, -0.15) is 0 Å². The Labute approximate surface area is 224 Å². The zero-order valence-corrected chi connectivity index (χ0v) is 25.2. The maximum atomic E-state index is 13.5. The summed E-state index contributed by atoms with van der Waals surface area (Å²) in [7, 11) is -6.63. The van der Waals surface area contributed by atoms with Crippen LogP contribution in [-0.4, -0.2) is 33.9 Å². The highest BCUT2D eigenvalue weighted by atomic mass is 32.2. The number of hydrogen-bond acceptors (Lipinski definition) is 5. The average Bonchev–Trinajstić information content (AvgIpc) is 2.81. The van der Waals surface area contributed by atoms with E-state index in [1.54, 1.807) is 18.2 Å². The van der Waals surface area contributed by atoms with Crippen molar-refractivity contribution in [2.24, 2.45) is 0 Å². The predicted octanol–water partition coefficient (Wildman–Crippen LogP) is 6.43. The number of sulfonamides is 1. The highest BCUT2D eigenvalue weighted by Crippen LogP contribution is 2.43. The molecule has 2 N–H and O–H groups in total. The van der Waals surface area contributed by atoms with E-state index >= 15 is 0 Å². The third-order valence-corrected chi connectivity index (χ3v) is 14.4. The quantitative estimate of drug-likeness (QED) is 0.237. The second-order valence-corrected chi connectivity index (χ2v) is 17.9. The molecule has 0 heterocycles. The number of hydrogen-bond donors (Lipinski definition) is 2. The average molecular weight is 546 g/mol. The van der Waals surface area contributed by atoms with Gasteiger partial charge in [0.05, 0.1) is 11.0 Å². The third kappa shape index (κ3) is 7.86. The fourth-order valence-electron chi connectivity index (χ4n) is 5.18. The number of benzene rings is 2. The molecule has 0 bridgehead atoms. The first-order chi connectivity index (χ1) is 17.2. The molecule has 0 aliphatic rings. The lowest BCUT2D eigenvalue weighted by atomic mass is 10.0. The minimum Gasteiger partial charge on any atom is -0.401 e. The van der Waals surface area contributed by atoms with Crippen LogP contribution >= 0.6 is 0 Å². The van der Waals surface area contributed by atoms with E-state index in [-0.39, 0.29) is 21.5 Å². The Kier molecular flexibility index (Phi) is 10.9. The number of carbonyl (C=O) groups is 1. The van der Waals surface area contributed by atoms with E-state index in [1.165, 1.54) is 12.1 Å². The number of aliphatic hydroxyl groups is 1. The van der Waals surface area contributed by atoms with Crippen LogP contribution in [0.2, 0.25) is 16.6 Å². The largest absolute Gasteiger partial charge is 0.401 e. The maximum absolute atomic E-state index is 13.5. The smallest absolute Gasteiger partial charge is 0.265 e. The molecule has 0 aromatic heterocycles. The summed E-state index contributed by atoms with van der Waals surface area (Å²) < 4.78 is 35.1. The van der Waals surface area contributed by atoms with E-state index in [4.69, 9.17) is 4.43 Å². The van der Waals surface area contributed by atoms with Gasteiger partial charge in [-0.3, -0.25) is 4.79 Å². The second-order valence-electron chi connectivity index (χ2n) is 10.8. The van der Waals surface area contributed by atoms with Gasteiger partial charge < -0.3 is 9.53 Å². The monoisotopic (exact) mass is 545 g/mol. The van der Waals surface area contributed by atoms with E-state index < -0.39 is 36.5 Å². The summed E-state index contributed by atoms with van der Waals surface area (Å²) in [5.41, 5.74) is 3.02. The molecular weight excluding hydrogens is 502 g/mol. The molecule has 0 aliphatic heterocycles. The van der Waals surface area contributed by atoms with Crippen molar-refractivity contribution in [1.29, 1.82) is 0 Å². The van der Waals surface area contributed by atoms with Gasteiger partial charge in [-0.05, 0) is 60.7 Å². The highest BCUT2D eigenvalue weighted by molar-refractivity contribution is 7.90. The zero-order valence-electron chi connectivity index (χ0n) is 23.4. The Morgan fingerprint density at radius 3 is 1.95 bits per heavy atom. The van der Waals surface area contributed by atoms with Crippen molar-refractivity contribution >= 4 is 24.2 Å². The number of carbonyl (C=O) groups excluding carboxylic acids is 1. The molecule has 0 spiro atoms. The van der Waals surface area contributed by atoms with Gasteiger partial charge in [-0.25, -0.2) is 13.1 Å². The standard InChI is InChI=1S/C29H43NO5SSi/c1-20(2)37(21(3)4,22(5)6)35-28(19-24(8)18-27(31)25-12-10-9-11-13-25)29(32)30-36(33,34)26-16-14-23(7)15-17-26/h9-17,19-22,27-28,31H,18H2,1-8H3,(H,30,32)/b24-19-/t27-,28+/m0/s1. The lowest BCUT2D eigenvalue weighted by Gasteiger charge is -2.43. The van der Waals surface area contributed by atoms with Crippen LogP contribution in [0.4, 0.5) is 0 Å². The van der Waals surface area contributed by atoms with Gasteiger partial charge in [-0.15, -0.1) is 0 Å². The molecule has 0 fully saturated rings. The summed E-state index contributed by atoms with van der Waals surface area (Å²) in [6, 6.07) is 15.6. The van der Waals surface area contributed by atoms with E-state index in [9.17, 15) is 18.3 Å². The molecule has 2 atom stereocenters. The summed E-state index contributed by atoms with van der Waals surface area (Å²) in [5.74, 6) is -0.729. The Morgan fingerprint density at radius 2 is 1.46 bits per heavy atom. The van der Waals surface area contributed by atoms with Crippen LogP contribution in [0.3, 0.4) is 0 Å². The second kappa shape index (κ2) is 13.0. The van der Waals surface area contributed by atoms with Crippen molar-refractivity contribution in [3.63, 3.8) is 0 Å². The van der Waals surface area contributed by atoms with E-state index in [2.05, 4.69) is 46.3 Å². The molecule has 2 aromatic rings. The van der Waals surface area contributed by atoms with Gasteiger partial charge in [0.25, 0.3) is 15.9 Å². The molecule has 1 amide bonds. The molecule has 8 heteroatoms. The summed E-state index contributed by atoms with van der Waals surface area (Å²) in [5, 5.41) is 10.7. The van der Waals surface area contributed by atoms with Crippen LogP contribution in [0.5, 0.6) is 0 Å². The van der Waals surface area contributed by atoms with Crippen molar-refractivity contribution in [1.82, 2.24) is 4.72 Å². The molecule has 0 unspecified atom stereocenters. The maximum Gasteiger partial charge on any atom is 0.265 e. The number of aliphatic hydroxyl groups excluding tert-OH is 1. The molecule has 0 saturated carbocycles. The van der Waals surface area contributed by atoms with Gasteiger partial charge >= 0.3 is 0 Å². The summed E-state index contributed by atoms with van der Waals surface area (Å²) in [6.45, 7) is 16.4. The first kappa shape index (κ1) is 31.0. The Morgan fingerprint density at radius 1 is 0.946 bits per heavy atom. The molecule has 0 saturated heterocycles. The van der Waals surface area contributed by atoms with Gasteiger partial charge in [0.2, 0.25) is 8.32 Å². The topological polar surface area (TPSA) is 92.7 Å². The first-order valence-corrected chi connectivity index (χ1v) is 16.5. The molecular formula is C29H43NO5SSi. The fourth-order valence-corrected chi connectivity index (χ4v) is 11.6. The van der Waals surface area contributed by atoms with E-state index in [0.717, 1.165) is 16.7 Å². The van der Waals surface area contributed by atoms with E-state index in [1.807, 2.05) is 44.2 Å². The minimum atomic E-state index is -4.08.